The number of halogens is 1. The first kappa shape index (κ1) is 13.5. The quantitative estimate of drug-likeness (QED) is 0.809. The Bertz CT molecular complexity index is 757. The van der Waals surface area contributed by atoms with E-state index in [0.29, 0.717) is 27.9 Å². The van der Waals surface area contributed by atoms with Gasteiger partial charge in [-0.3, -0.25) is 9.89 Å². The molecular weight excluding hydrogens is 290 g/mol. The minimum Gasteiger partial charge on any atom is -0.395 e. The first-order valence-electron chi connectivity index (χ1n) is 6.45. The molecule has 0 saturated heterocycles. The van der Waals surface area contributed by atoms with E-state index in [1.165, 1.54) is 6.07 Å². The van der Waals surface area contributed by atoms with Crippen LogP contribution in [0.3, 0.4) is 0 Å². The van der Waals surface area contributed by atoms with Crippen LogP contribution in [0.5, 0.6) is 0 Å². The van der Waals surface area contributed by atoms with Crippen LogP contribution >= 0.6 is 11.6 Å². The Morgan fingerprint density at radius 1 is 1.52 bits per heavy atom. The molecule has 2 aromatic rings. The third-order valence-electron chi connectivity index (χ3n) is 3.38. The Morgan fingerprint density at radius 3 is 2.95 bits per heavy atom. The number of nitrogens with zero attached hydrogens (tertiary/aromatic N) is 2. The molecule has 7 heteroatoms. The predicted molar refractivity (Wildman–Crippen MR) is 79.1 cm³/mol. The van der Waals surface area contributed by atoms with Crippen LogP contribution in [-0.2, 0) is 0 Å². The van der Waals surface area contributed by atoms with Crippen molar-refractivity contribution in [1.29, 1.82) is 5.26 Å². The molecule has 0 bridgehead atoms. The number of carbonyl (C=O) groups excluding carboxylic acids is 1. The molecule has 0 atom stereocenters. The van der Waals surface area contributed by atoms with E-state index in [9.17, 15) is 4.79 Å². The van der Waals surface area contributed by atoms with Gasteiger partial charge in [0.05, 0.1) is 22.0 Å². The van der Waals surface area contributed by atoms with Crippen LogP contribution in [0, 0.1) is 11.3 Å². The summed E-state index contributed by atoms with van der Waals surface area (Å²) in [7, 11) is 0. The molecule has 1 fully saturated rings. The molecule has 0 unspecified atom stereocenters. The highest BCUT2D eigenvalue weighted by atomic mass is 35.5. The van der Waals surface area contributed by atoms with E-state index < -0.39 is 5.91 Å². The van der Waals surface area contributed by atoms with Gasteiger partial charge in [-0.15, -0.1) is 0 Å². The Morgan fingerprint density at radius 2 is 2.29 bits per heavy atom. The molecule has 1 heterocycles. The van der Waals surface area contributed by atoms with E-state index in [4.69, 9.17) is 22.6 Å². The van der Waals surface area contributed by atoms with Crippen molar-refractivity contribution in [1.82, 2.24) is 10.2 Å². The lowest BCUT2D eigenvalue weighted by Crippen LogP contribution is -2.14. The van der Waals surface area contributed by atoms with Gasteiger partial charge in [0, 0.05) is 11.6 Å². The zero-order chi connectivity index (χ0) is 15.0. The van der Waals surface area contributed by atoms with Crippen molar-refractivity contribution >= 4 is 28.9 Å². The van der Waals surface area contributed by atoms with Gasteiger partial charge in [-0.05, 0) is 31.0 Å². The average molecular weight is 302 g/mol. The summed E-state index contributed by atoms with van der Waals surface area (Å²) in [6.07, 6.45) is 2.13. The summed E-state index contributed by atoms with van der Waals surface area (Å²) in [5, 5.41) is 18.7. The van der Waals surface area contributed by atoms with Crippen LogP contribution in [0.2, 0.25) is 5.02 Å². The minimum atomic E-state index is -0.415. The third kappa shape index (κ3) is 2.56. The number of aromatic amines is 1. The van der Waals surface area contributed by atoms with Crippen molar-refractivity contribution < 1.29 is 4.79 Å². The SMILES string of the molecule is N#Cc1cc(NC(=O)c2n[nH]c(C3CC3)c2N)ccc1Cl. The zero-order valence-corrected chi connectivity index (χ0v) is 11.7. The highest BCUT2D eigenvalue weighted by molar-refractivity contribution is 6.31. The lowest BCUT2D eigenvalue weighted by Gasteiger charge is -2.05. The first-order valence-corrected chi connectivity index (χ1v) is 6.82. The molecule has 1 aromatic carbocycles. The van der Waals surface area contributed by atoms with Crippen molar-refractivity contribution in [3.05, 3.63) is 40.2 Å². The summed E-state index contributed by atoms with van der Waals surface area (Å²) < 4.78 is 0. The van der Waals surface area contributed by atoms with Gasteiger partial charge in [-0.25, -0.2) is 0 Å². The van der Waals surface area contributed by atoms with Gasteiger partial charge in [0.25, 0.3) is 5.91 Å². The van der Waals surface area contributed by atoms with Gasteiger partial charge in [0.15, 0.2) is 5.69 Å². The molecule has 1 saturated carbocycles. The Hall–Kier alpha value is -2.52. The molecule has 0 aliphatic heterocycles. The smallest absolute Gasteiger partial charge is 0.278 e. The number of hydrogen-bond donors (Lipinski definition) is 3. The predicted octanol–water partition coefficient (Wildman–Crippen LogP) is 2.65. The fourth-order valence-electron chi connectivity index (χ4n) is 2.10. The molecule has 4 N–H and O–H groups in total. The normalized spacial score (nSPS) is 13.7. The maximum atomic E-state index is 12.2. The van der Waals surface area contributed by atoms with Crippen LogP contribution in [0.1, 0.15) is 40.5 Å². The van der Waals surface area contributed by atoms with Gasteiger partial charge in [0.2, 0.25) is 0 Å². The Kier molecular flexibility index (Phi) is 3.28. The second-order valence-corrected chi connectivity index (χ2v) is 5.34. The topological polar surface area (TPSA) is 108 Å². The van der Waals surface area contributed by atoms with E-state index in [1.54, 1.807) is 12.1 Å². The van der Waals surface area contributed by atoms with Crippen molar-refractivity contribution in [3.8, 4) is 6.07 Å². The summed E-state index contributed by atoms with van der Waals surface area (Å²) in [6.45, 7) is 0. The minimum absolute atomic E-state index is 0.172. The molecule has 1 aliphatic rings. The highest BCUT2D eigenvalue weighted by Crippen LogP contribution is 2.42. The molecule has 3 rings (SSSR count). The van der Waals surface area contributed by atoms with Gasteiger partial charge in [0.1, 0.15) is 6.07 Å². The first-order chi connectivity index (χ1) is 10.1. The lowest BCUT2D eigenvalue weighted by molar-refractivity contribution is 0.102. The number of H-pyrrole nitrogens is 1. The summed E-state index contributed by atoms with van der Waals surface area (Å²) in [5.74, 6) is -0.0263. The van der Waals surface area contributed by atoms with Gasteiger partial charge in [-0.1, -0.05) is 11.6 Å². The number of amides is 1. The largest absolute Gasteiger partial charge is 0.395 e. The standard InChI is InChI=1S/C14H12ClN5O/c15-10-4-3-9(5-8(10)6-16)18-14(21)13-11(17)12(19-20-13)7-1-2-7/h3-5,7H,1-2,17H2,(H,18,21)(H,19,20). The molecule has 1 aromatic heterocycles. The van der Waals surface area contributed by atoms with E-state index >= 15 is 0 Å². The number of nitrogens with two attached hydrogens (primary N) is 1. The summed E-state index contributed by atoms with van der Waals surface area (Å²) in [4.78, 5) is 12.2. The Labute approximate surface area is 125 Å². The molecule has 106 valence electrons. The molecular formula is C14H12ClN5O. The molecule has 1 amide bonds. The van der Waals surface area contributed by atoms with Gasteiger partial charge in [-0.2, -0.15) is 10.4 Å². The monoisotopic (exact) mass is 301 g/mol. The fourth-order valence-corrected chi connectivity index (χ4v) is 2.26. The number of nitrogens with one attached hydrogen (secondary N) is 2. The van der Waals surface area contributed by atoms with E-state index in [0.717, 1.165) is 18.5 Å². The van der Waals surface area contributed by atoms with Gasteiger partial charge >= 0.3 is 0 Å². The third-order valence-corrected chi connectivity index (χ3v) is 3.71. The number of aromatic nitrogens is 2. The van der Waals surface area contributed by atoms with Crippen LogP contribution in [-0.4, -0.2) is 16.1 Å². The van der Waals surface area contributed by atoms with Crippen molar-refractivity contribution in [2.75, 3.05) is 11.1 Å². The maximum Gasteiger partial charge on any atom is 0.278 e. The van der Waals surface area contributed by atoms with Crippen LogP contribution in [0.4, 0.5) is 11.4 Å². The number of anilines is 2. The number of benzene rings is 1. The second-order valence-electron chi connectivity index (χ2n) is 4.93. The van der Waals surface area contributed by atoms with E-state index in [-0.39, 0.29) is 5.69 Å². The lowest BCUT2D eigenvalue weighted by atomic mass is 10.2. The zero-order valence-electron chi connectivity index (χ0n) is 11.0. The van der Waals surface area contributed by atoms with E-state index in [1.807, 2.05) is 6.07 Å². The molecule has 1 aliphatic carbocycles. The number of nitriles is 1. The number of hydrogen-bond acceptors (Lipinski definition) is 4. The number of rotatable bonds is 3. The van der Waals surface area contributed by atoms with E-state index in [2.05, 4.69) is 15.5 Å². The summed E-state index contributed by atoms with van der Waals surface area (Å²) in [5.41, 5.74) is 8.11. The van der Waals surface area contributed by atoms with Crippen molar-refractivity contribution in [3.63, 3.8) is 0 Å². The van der Waals surface area contributed by atoms with Crippen LogP contribution in [0.15, 0.2) is 18.2 Å². The maximum absolute atomic E-state index is 12.2. The summed E-state index contributed by atoms with van der Waals surface area (Å²) >= 11 is 5.85. The average Bonchev–Trinajstić information content (AvgIpc) is 3.23. The van der Waals surface area contributed by atoms with Crippen LogP contribution in [0.25, 0.3) is 0 Å². The fraction of sp³-hybridized carbons (Fsp3) is 0.214. The number of nitrogen functional groups attached to an aromatic ring is 1. The van der Waals surface area contributed by atoms with Gasteiger partial charge < -0.3 is 11.1 Å². The van der Waals surface area contributed by atoms with Crippen molar-refractivity contribution in [2.24, 2.45) is 0 Å². The van der Waals surface area contributed by atoms with Crippen molar-refractivity contribution in [2.45, 2.75) is 18.8 Å². The molecule has 21 heavy (non-hydrogen) atoms. The Balaban J connectivity index is 1.82. The highest BCUT2D eigenvalue weighted by Gasteiger charge is 2.30. The summed E-state index contributed by atoms with van der Waals surface area (Å²) in [6, 6.07) is 6.63. The molecule has 0 radical (unpaired) electrons. The molecule has 6 nitrogen and oxygen atoms in total. The second kappa shape index (κ2) is 5.11. The van der Waals surface area contributed by atoms with Crippen LogP contribution < -0.4 is 11.1 Å². The number of carbonyl (C=O) groups is 1. The molecule has 0 spiro atoms.